The van der Waals surface area contributed by atoms with Crippen LogP contribution < -0.4 is 10.6 Å². The Labute approximate surface area is 205 Å². The molecule has 0 aliphatic rings. The molecule has 1 aromatic carbocycles. The first kappa shape index (κ1) is 24.6. The number of pyridine rings is 2. The van der Waals surface area contributed by atoms with Crippen LogP contribution in [0.3, 0.4) is 0 Å². The van der Waals surface area contributed by atoms with E-state index in [-0.39, 0.29) is 11.4 Å². The van der Waals surface area contributed by atoms with E-state index in [1.807, 2.05) is 6.92 Å². The van der Waals surface area contributed by atoms with Gasteiger partial charge in [0.15, 0.2) is 5.82 Å². The molecule has 4 rings (SSSR count). The summed E-state index contributed by atoms with van der Waals surface area (Å²) in [6.45, 7) is 7.50. The van der Waals surface area contributed by atoms with Gasteiger partial charge in [-0.05, 0) is 49.2 Å². The summed E-state index contributed by atoms with van der Waals surface area (Å²) in [7, 11) is 0. The third kappa shape index (κ3) is 5.09. The Morgan fingerprint density at radius 2 is 1.94 bits per heavy atom. The molecule has 0 aliphatic heterocycles. The van der Waals surface area contributed by atoms with Gasteiger partial charge in [-0.3, -0.25) is 4.98 Å². The topological polar surface area (TPSA) is 104 Å². The van der Waals surface area contributed by atoms with Gasteiger partial charge in [-0.25, -0.2) is 4.98 Å². The Hall–Kier alpha value is -4.54. The lowest BCUT2D eigenvalue weighted by atomic mass is 10.1. The Balaban J connectivity index is 1.65. The van der Waals surface area contributed by atoms with Crippen LogP contribution in [0, 0.1) is 12.3 Å². The van der Waals surface area contributed by atoms with Crippen LogP contribution in [0.25, 0.3) is 16.7 Å². The summed E-state index contributed by atoms with van der Waals surface area (Å²) >= 11 is 0. The summed E-state index contributed by atoms with van der Waals surface area (Å²) in [5.41, 5.74) is 0.955. The first-order chi connectivity index (χ1) is 17.2. The highest BCUT2D eigenvalue weighted by molar-refractivity contribution is 5.93. The van der Waals surface area contributed by atoms with E-state index < -0.39 is 17.4 Å². The molecule has 0 saturated heterocycles. The number of nitrogens with one attached hydrogen (secondary N) is 3. The van der Waals surface area contributed by atoms with E-state index in [9.17, 15) is 13.2 Å². The standard InChI is InChI=1S/C25H23F3N8/c1-4-17-14-32-36(35-17)24-15(2)11-18(13-31-24)33-16(3)20(12-29)23(25(26,27)28)34-22-9-5-8-21-19(22)7-6-10-30-21/h5-14,29,33-34H,3-4H2,1-2H3/b23-20+,29-12?. The fourth-order valence-corrected chi connectivity index (χ4v) is 3.59. The predicted molar refractivity (Wildman–Crippen MR) is 133 cm³/mol. The molecule has 184 valence electrons. The lowest BCUT2D eigenvalue weighted by Gasteiger charge is -2.20. The maximum absolute atomic E-state index is 14.1. The fraction of sp³-hybridized carbons (Fsp3) is 0.160. The van der Waals surface area contributed by atoms with Gasteiger partial charge in [-0.2, -0.15) is 23.4 Å². The van der Waals surface area contributed by atoms with Gasteiger partial charge in [0.2, 0.25) is 0 Å². The smallest absolute Gasteiger partial charge is 0.354 e. The Morgan fingerprint density at radius 1 is 1.14 bits per heavy atom. The van der Waals surface area contributed by atoms with Gasteiger partial charge in [0.25, 0.3) is 0 Å². The van der Waals surface area contributed by atoms with Crippen molar-refractivity contribution in [3.8, 4) is 5.82 Å². The number of aryl methyl sites for hydroxylation is 2. The van der Waals surface area contributed by atoms with Crippen molar-refractivity contribution in [1.29, 1.82) is 5.41 Å². The van der Waals surface area contributed by atoms with Crippen LogP contribution in [0.15, 0.2) is 78.5 Å². The summed E-state index contributed by atoms with van der Waals surface area (Å²) < 4.78 is 42.4. The summed E-state index contributed by atoms with van der Waals surface area (Å²) in [5.74, 6) is 0.496. The molecule has 0 unspecified atom stereocenters. The molecule has 0 radical (unpaired) electrons. The van der Waals surface area contributed by atoms with Crippen molar-refractivity contribution < 1.29 is 13.2 Å². The van der Waals surface area contributed by atoms with E-state index >= 15 is 0 Å². The third-order valence-corrected chi connectivity index (χ3v) is 5.36. The number of hydrogen-bond acceptors (Lipinski definition) is 7. The molecule has 0 bridgehead atoms. The van der Waals surface area contributed by atoms with Gasteiger partial charge in [0.1, 0.15) is 5.70 Å². The molecule has 3 aromatic heterocycles. The molecule has 0 fully saturated rings. The van der Waals surface area contributed by atoms with Crippen LogP contribution in [-0.2, 0) is 6.42 Å². The quantitative estimate of drug-likeness (QED) is 0.219. The molecular formula is C25H23F3N8. The average molecular weight is 493 g/mol. The van der Waals surface area contributed by atoms with Crippen molar-refractivity contribution in [3.05, 3.63) is 89.8 Å². The van der Waals surface area contributed by atoms with Crippen molar-refractivity contribution in [2.75, 3.05) is 10.6 Å². The van der Waals surface area contributed by atoms with E-state index in [1.165, 1.54) is 17.1 Å². The number of hydrogen-bond donors (Lipinski definition) is 3. The minimum absolute atomic E-state index is 0.123. The molecule has 11 heteroatoms. The lowest BCUT2D eigenvalue weighted by Crippen LogP contribution is -2.24. The van der Waals surface area contributed by atoms with Gasteiger partial charge in [-0.1, -0.05) is 19.6 Å². The first-order valence-corrected chi connectivity index (χ1v) is 11.0. The van der Waals surface area contributed by atoms with Gasteiger partial charge < -0.3 is 16.0 Å². The third-order valence-electron chi connectivity index (χ3n) is 5.36. The van der Waals surface area contributed by atoms with Crippen molar-refractivity contribution in [2.24, 2.45) is 0 Å². The Kier molecular flexibility index (Phi) is 6.82. The molecule has 0 saturated carbocycles. The fourth-order valence-electron chi connectivity index (χ4n) is 3.59. The molecule has 4 aromatic rings. The number of halogens is 3. The van der Waals surface area contributed by atoms with E-state index in [1.54, 1.807) is 49.6 Å². The Bertz CT molecular complexity index is 1460. The van der Waals surface area contributed by atoms with E-state index in [2.05, 4.69) is 37.4 Å². The molecule has 0 spiro atoms. The molecule has 0 amide bonds. The molecular weight excluding hydrogens is 469 g/mol. The molecule has 3 N–H and O–H groups in total. The molecule has 0 atom stereocenters. The average Bonchev–Trinajstić information content (AvgIpc) is 3.32. The normalized spacial score (nSPS) is 12.2. The van der Waals surface area contributed by atoms with E-state index in [0.717, 1.165) is 12.1 Å². The van der Waals surface area contributed by atoms with E-state index in [0.29, 0.717) is 34.2 Å². The second-order valence-corrected chi connectivity index (χ2v) is 7.88. The number of aromatic nitrogens is 5. The molecule has 0 aliphatic carbocycles. The number of benzene rings is 1. The van der Waals surface area contributed by atoms with Crippen molar-refractivity contribution >= 4 is 28.5 Å². The number of fused-ring (bicyclic) bond motifs is 1. The van der Waals surface area contributed by atoms with Gasteiger partial charge in [0.05, 0.1) is 29.3 Å². The second-order valence-electron chi connectivity index (χ2n) is 7.88. The van der Waals surface area contributed by atoms with Gasteiger partial charge in [-0.15, -0.1) is 4.80 Å². The number of anilines is 2. The minimum atomic E-state index is -4.79. The summed E-state index contributed by atoms with van der Waals surface area (Å²) in [4.78, 5) is 9.93. The second kappa shape index (κ2) is 9.98. The van der Waals surface area contributed by atoms with Crippen LogP contribution >= 0.6 is 0 Å². The van der Waals surface area contributed by atoms with Gasteiger partial charge in [0, 0.05) is 34.8 Å². The Morgan fingerprint density at radius 3 is 2.61 bits per heavy atom. The van der Waals surface area contributed by atoms with Gasteiger partial charge >= 0.3 is 6.18 Å². The van der Waals surface area contributed by atoms with Crippen LogP contribution in [-0.4, -0.2) is 37.4 Å². The summed E-state index contributed by atoms with van der Waals surface area (Å²) in [6, 6.07) is 9.84. The molecule has 3 heterocycles. The zero-order chi connectivity index (χ0) is 25.9. The van der Waals surface area contributed by atoms with Crippen LogP contribution in [0.4, 0.5) is 24.5 Å². The van der Waals surface area contributed by atoms with Crippen LogP contribution in [0.1, 0.15) is 18.2 Å². The monoisotopic (exact) mass is 492 g/mol. The summed E-state index contributed by atoms with van der Waals surface area (Å²) in [5, 5.41) is 22.1. The zero-order valence-electron chi connectivity index (χ0n) is 19.6. The van der Waals surface area contributed by atoms with Crippen molar-refractivity contribution in [3.63, 3.8) is 0 Å². The maximum Gasteiger partial charge on any atom is 0.431 e. The number of alkyl halides is 3. The zero-order valence-corrected chi connectivity index (χ0v) is 19.6. The van der Waals surface area contributed by atoms with E-state index in [4.69, 9.17) is 5.41 Å². The van der Waals surface area contributed by atoms with Crippen molar-refractivity contribution in [2.45, 2.75) is 26.4 Å². The molecule has 8 nitrogen and oxygen atoms in total. The van der Waals surface area contributed by atoms with Crippen LogP contribution in [0.5, 0.6) is 0 Å². The highest BCUT2D eigenvalue weighted by atomic mass is 19.4. The lowest BCUT2D eigenvalue weighted by molar-refractivity contribution is -0.0906. The highest BCUT2D eigenvalue weighted by Gasteiger charge is 2.37. The number of nitrogens with zero attached hydrogens (tertiary/aromatic N) is 5. The largest absolute Gasteiger partial charge is 0.431 e. The SMILES string of the molecule is C=C(Nc1cnc(-n2ncc(CC)n2)c(C)c1)/C(C=N)=C(/Nc1cccc2ncccc12)C(F)(F)F. The van der Waals surface area contributed by atoms with Crippen LogP contribution in [0.2, 0.25) is 0 Å². The maximum atomic E-state index is 14.1. The highest BCUT2D eigenvalue weighted by Crippen LogP contribution is 2.33. The van der Waals surface area contributed by atoms with Crippen molar-refractivity contribution in [1.82, 2.24) is 25.0 Å². The first-order valence-electron chi connectivity index (χ1n) is 11.0. The minimum Gasteiger partial charge on any atom is -0.354 e. The predicted octanol–water partition coefficient (Wildman–Crippen LogP) is 5.58. The molecule has 36 heavy (non-hydrogen) atoms. The number of allylic oxidation sites excluding steroid dienone is 2. The summed E-state index contributed by atoms with van der Waals surface area (Å²) in [6.07, 6.45) is 1.21. The number of rotatable bonds is 8.